The fraction of sp³-hybridized carbons (Fsp3) is 0.0625. The van der Waals surface area contributed by atoms with Crippen LogP contribution in [0.15, 0.2) is 65.1 Å². The van der Waals surface area contributed by atoms with Gasteiger partial charge in [0.1, 0.15) is 0 Å². The highest BCUT2D eigenvalue weighted by Gasteiger charge is 2.15. The lowest BCUT2D eigenvalue weighted by molar-refractivity contribution is -2.00. The van der Waals surface area contributed by atoms with E-state index in [0.717, 1.165) is 16.9 Å². The molecule has 0 radical (unpaired) electrons. The Morgan fingerprint density at radius 2 is 1.36 bits per heavy atom. The highest BCUT2D eigenvalue weighted by molar-refractivity contribution is 5.82. The first-order valence-electron chi connectivity index (χ1n) is 6.34. The summed E-state index contributed by atoms with van der Waals surface area (Å²) in [5.74, 6) is 0.918. The first-order valence-corrected chi connectivity index (χ1v) is 7.58. The number of rotatable bonds is 1. The summed E-state index contributed by atoms with van der Waals surface area (Å²) in [6, 6.07) is 20.4. The molecule has 0 spiro atoms. The molecule has 0 aliphatic carbocycles. The van der Waals surface area contributed by atoms with Crippen molar-refractivity contribution >= 4 is 11.0 Å². The largest absolute Gasteiger partial charge is 0.361 e. The zero-order valence-corrected chi connectivity index (χ0v) is 12.4. The molecule has 0 aliphatic heterocycles. The maximum atomic E-state index is 8.49. The quantitative estimate of drug-likeness (QED) is 0.584. The van der Waals surface area contributed by atoms with E-state index >= 15 is 0 Å². The summed E-state index contributed by atoms with van der Waals surface area (Å²) in [5, 5.41) is 1.17. The van der Waals surface area contributed by atoms with Gasteiger partial charge in [-0.05, 0) is 30.7 Å². The van der Waals surface area contributed by atoms with Crippen LogP contribution in [0.2, 0.25) is 0 Å². The molecule has 114 valence electrons. The Morgan fingerprint density at radius 1 is 0.818 bits per heavy atom. The Kier molecular flexibility index (Phi) is 5.07. The van der Waals surface area contributed by atoms with Crippen LogP contribution in [0.3, 0.4) is 0 Å². The number of para-hydroxylation sites is 1. The van der Waals surface area contributed by atoms with Gasteiger partial charge >= 0.3 is 11.3 Å². The van der Waals surface area contributed by atoms with E-state index in [1.165, 1.54) is 10.9 Å². The SMILES string of the molecule is Cc1cc(-c2ccccc2)[o+]c2ccccc12.[O-][Cl+3]([O-])([O-])[O-]. The molecule has 1 heterocycles. The van der Waals surface area contributed by atoms with Gasteiger partial charge in [0.05, 0.1) is 10.9 Å². The molecule has 3 rings (SSSR count). The van der Waals surface area contributed by atoms with Crippen LogP contribution < -0.4 is 18.6 Å². The van der Waals surface area contributed by atoms with Crippen molar-refractivity contribution in [2.45, 2.75) is 6.92 Å². The molecule has 0 atom stereocenters. The number of hydrogen-bond acceptors (Lipinski definition) is 4. The summed E-state index contributed by atoms with van der Waals surface area (Å²) >= 11 is 0. The molecule has 0 N–H and O–H groups in total. The van der Waals surface area contributed by atoms with Crippen LogP contribution in [-0.2, 0) is 0 Å². The average Bonchev–Trinajstić information content (AvgIpc) is 2.46. The molecule has 5 nitrogen and oxygen atoms in total. The zero-order chi connectivity index (χ0) is 16.2. The smallest absolute Gasteiger partial charge is 0.222 e. The first-order chi connectivity index (χ1) is 10.3. The first kappa shape index (κ1) is 16.4. The minimum absolute atomic E-state index is 0.918. The highest BCUT2D eigenvalue weighted by Crippen LogP contribution is 2.27. The van der Waals surface area contributed by atoms with Crippen molar-refractivity contribution < 1.29 is 33.3 Å². The summed E-state index contributed by atoms with van der Waals surface area (Å²) in [4.78, 5) is 0. The molecule has 0 bridgehead atoms. The van der Waals surface area contributed by atoms with E-state index in [1.54, 1.807) is 0 Å². The lowest BCUT2D eigenvalue weighted by Crippen LogP contribution is -2.68. The van der Waals surface area contributed by atoms with Crippen molar-refractivity contribution in [1.82, 2.24) is 0 Å². The van der Waals surface area contributed by atoms with Crippen LogP contribution in [0.4, 0.5) is 0 Å². The molecule has 22 heavy (non-hydrogen) atoms. The minimum Gasteiger partial charge on any atom is -0.222 e. The molecule has 0 amide bonds. The molecule has 0 saturated heterocycles. The van der Waals surface area contributed by atoms with Crippen molar-refractivity contribution in [1.29, 1.82) is 0 Å². The van der Waals surface area contributed by atoms with Gasteiger partial charge < -0.3 is 0 Å². The second kappa shape index (κ2) is 6.83. The predicted octanol–water partition coefficient (Wildman–Crippen LogP) is -0.0667. The topological polar surface area (TPSA) is 104 Å². The van der Waals surface area contributed by atoms with Crippen molar-refractivity contribution in [3.05, 3.63) is 66.2 Å². The van der Waals surface area contributed by atoms with E-state index in [1.807, 2.05) is 36.4 Å². The van der Waals surface area contributed by atoms with Crippen LogP contribution >= 0.6 is 0 Å². The molecule has 2 aromatic carbocycles. The van der Waals surface area contributed by atoms with Gasteiger partial charge in [0.2, 0.25) is 0 Å². The minimum atomic E-state index is -4.94. The molecule has 0 saturated carbocycles. The van der Waals surface area contributed by atoms with Crippen LogP contribution in [0.25, 0.3) is 22.3 Å². The van der Waals surface area contributed by atoms with Crippen molar-refractivity contribution in [2.75, 3.05) is 0 Å². The van der Waals surface area contributed by atoms with Crippen molar-refractivity contribution in [2.24, 2.45) is 0 Å². The summed E-state index contributed by atoms with van der Waals surface area (Å²) < 4.78 is 39.9. The van der Waals surface area contributed by atoms with Gasteiger partial charge in [-0.2, -0.15) is 0 Å². The van der Waals surface area contributed by atoms with E-state index in [9.17, 15) is 0 Å². The Labute approximate surface area is 129 Å². The molecule has 0 aliphatic rings. The maximum absolute atomic E-state index is 8.49. The number of benzene rings is 2. The number of halogens is 1. The number of hydrogen-bond donors (Lipinski definition) is 0. The summed E-state index contributed by atoms with van der Waals surface area (Å²) in [6.07, 6.45) is 0. The van der Waals surface area contributed by atoms with Crippen LogP contribution in [0.5, 0.6) is 0 Å². The Morgan fingerprint density at radius 3 is 2.00 bits per heavy atom. The highest BCUT2D eigenvalue weighted by atomic mass is 35.7. The second-order valence-electron chi connectivity index (χ2n) is 4.53. The van der Waals surface area contributed by atoms with Gasteiger partial charge in [-0.25, -0.2) is 23.1 Å². The third kappa shape index (κ3) is 4.77. The fourth-order valence-corrected chi connectivity index (χ4v) is 2.05. The average molecular weight is 321 g/mol. The molecule has 6 heteroatoms. The number of fused-ring (bicyclic) bond motifs is 1. The summed E-state index contributed by atoms with van der Waals surface area (Å²) in [5.41, 5.74) is 3.29. The Hall–Kier alpha value is -2.02. The van der Waals surface area contributed by atoms with Gasteiger partial charge in [-0.3, -0.25) is 0 Å². The molecular weight excluding hydrogens is 308 g/mol. The van der Waals surface area contributed by atoms with E-state index in [-0.39, 0.29) is 0 Å². The molecule has 0 unspecified atom stereocenters. The standard InChI is InChI=1S/C16H13O.ClHO4/c1-12-11-16(13-7-3-2-4-8-13)17-15-10-6-5-9-14(12)15;2-1(3,4)5/h2-11H,1H3;(H,2,3,4,5)/q+1;/p-1. The normalized spacial score (nSPS) is 11.0. The van der Waals surface area contributed by atoms with E-state index in [4.69, 9.17) is 23.1 Å². The summed E-state index contributed by atoms with van der Waals surface area (Å²) in [6.45, 7) is 2.12. The van der Waals surface area contributed by atoms with Gasteiger partial charge in [-0.15, -0.1) is 10.2 Å². The lowest BCUT2D eigenvalue weighted by atomic mass is 10.1. The van der Waals surface area contributed by atoms with Gasteiger partial charge in [-0.1, -0.05) is 30.3 Å². The van der Waals surface area contributed by atoms with Gasteiger partial charge in [0, 0.05) is 12.1 Å². The van der Waals surface area contributed by atoms with Gasteiger partial charge in [0.25, 0.3) is 0 Å². The monoisotopic (exact) mass is 320 g/mol. The van der Waals surface area contributed by atoms with Crippen molar-refractivity contribution in [3.63, 3.8) is 0 Å². The predicted molar refractivity (Wildman–Crippen MR) is 70.8 cm³/mol. The fourth-order valence-electron chi connectivity index (χ4n) is 2.05. The van der Waals surface area contributed by atoms with E-state index in [2.05, 4.69) is 31.2 Å². The number of aryl methyl sites for hydroxylation is 1. The Bertz CT molecular complexity index is 747. The van der Waals surface area contributed by atoms with E-state index < -0.39 is 10.2 Å². The van der Waals surface area contributed by atoms with Crippen LogP contribution in [-0.4, -0.2) is 0 Å². The van der Waals surface area contributed by atoms with Crippen LogP contribution in [0, 0.1) is 17.2 Å². The molecular formula is C16H13ClO5. The maximum Gasteiger partial charge on any atom is 0.361 e. The Balaban J connectivity index is 0.000000309. The second-order valence-corrected chi connectivity index (χ2v) is 5.29. The molecule has 3 aromatic rings. The molecule has 1 aromatic heterocycles. The lowest BCUT2D eigenvalue weighted by Gasteiger charge is -2.17. The molecule has 0 fully saturated rings. The van der Waals surface area contributed by atoms with Crippen molar-refractivity contribution in [3.8, 4) is 11.3 Å². The van der Waals surface area contributed by atoms with Gasteiger partial charge in [0.15, 0.2) is 0 Å². The van der Waals surface area contributed by atoms with E-state index in [0.29, 0.717) is 0 Å². The summed E-state index contributed by atoms with van der Waals surface area (Å²) in [7, 11) is -4.94. The van der Waals surface area contributed by atoms with Crippen LogP contribution in [0.1, 0.15) is 5.56 Å². The third-order valence-electron chi connectivity index (χ3n) is 2.94. The third-order valence-corrected chi connectivity index (χ3v) is 2.94. The zero-order valence-electron chi connectivity index (χ0n) is 11.7.